The molecule has 7 nitrogen and oxygen atoms in total. The highest BCUT2D eigenvalue weighted by Crippen LogP contribution is 2.31. The van der Waals surface area contributed by atoms with Crippen molar-refractivity contribution in [3.63, 3.8) is 0 Å². The molecule has 29 heavy (non-hydrogen) atoms. The lowest BCUT2D eigenvalue weighted by molar-refractivity contribution is -0.120. The number of nitrogens with zero attached hydrogens (tertiary/aromatic N) is 1. The molecule has 1 N–H and O–H groups in total. The first kappa shape index (κ1) is 21.1. The van der Waals surface area contributed by atoms with Gasteiger partial charge < -0.3 is 14.8 Å². The van der Waals surface area contributed by atoms with Crippen LogP contribution in [-0.2, 0) is 14.8 Å². The minimum absolute atomic E-state index is 0.0411. The van der Waals surface area contributed by atoms with Gasteiger partial charge in [-0.1, -0.05) is 6.42 Å². The summed E-state index contributed by atoms with van der Waals surface area (Å²) in [6.45, 7) is 0.220. The van der Waals surface area contributed by atoms with Gasteiger partial charge in [0.05, 0.1) is 24.8 Å². The predicted molar refractivity (Wildman–Crippen MR) is 106 cm³/mol. The van der Waals surface area contributed by atoms with Crippen molar-refractivity contribution in [2.24, 2.45) is 0 Å². The Balaban J connectivity index is 1.86. The van der Waals surface area contributed by atoms with Crippen LogP contribution in [0.25, 0.3) is 0 Å². The molecule has 1 fully saturated rings. The predicted octanol–water partition coefficient (Wildman–Crippen LogP) is 3.02. The Bertz CT molecular complexity index is 979. The third kappa shape index (κ3) is 4.51. The Morgan fingerprint density at radius 1 is 1.10 bits per heavy atom. The molecule has 0 spiro atoms. The maximum Gasteiger partial charge on any atom is 0.243 e. The van der Waals surface area contributed by atoms with Gasteiger partial charge in [-0.3, -0.25) is 4.79 Å². The summed E-state index contributed by atoms with van der Waals surface area (Å²) in [5.74, 6) is 0.00169. The molecular weight excluding hydrogens is 399 g/mol. The Kier molecular flexibility index (Phi) is 6.39. The van der Waals surface area contributed by atoms with Crippen LogP contribution in [0, 0.1) is 5.82 Å². The third-order valence-corrected chi connectivity index (χ3v) is 6.77. The lowest BCUT2D eigenvalue weighted by atomic mass is 10.0. The van der Waals surface area contributed by atoms with E-state index in [2.05, 4.69) is 5.32 Å². The molecule has 0 saturated carbocycles. The third-order valence-electron chi connectivity index (χ3n) is 4.84. The molecule has 0 radical (unpaired) electrons. The maximum absolute atomic E-state index is 13.2. The van der Waals surface area contributed by atoms with Gasteiger partial charge in [0.1, 0.15) is 23.4 Å². The van der Waals surface area contributed by atoms with Gasteiger partial charge in [0, 0.05) is 12.6 Å². The number of hydrogen-bond acceptors (Lipinski definition) is 5. The molecular formula is C20H23FN2O5S. The molecule has 9 heteroatoms. The van der Waals surface area contributed by atoms with E-state index in [1.807, 2.05) is 0 Å². The van der Waals surface area contributed by atoms with E-state index in [9.17, 15) is 17.6 Å². The second kappa shape index (κ2) is 8.79. The number of benzene rings is 2. The zero-order chi connectivity index (χ0) is 21.0. The fourth-order valence-electron chi connectivity index (χ4n) is 3.31. The molecule has 0 unspecified atom stereocenters. The summed E-state index contributed by atoms with van der Waals surface area (Å²) in [5.41, 5.74) is 0.419. The van der Waals surface area contributed by atoms with Crippen molar-refractivity contribution in [3.05, 3.63) is 48.3 Å². The zero-order valence-electron chi connectivity index (χ0n) is 16.2. The fraction of sp³-hybridized carbons (Fsp3) is 0.350. The summed E-state index contributed by atoms with van der Waals surface area (Å²) in [5, 5.41) is 2.76. The number of hydrogen-bond donors (Lipinski definition) is 1. The highest BCUT2D eigenvalue weighted by atomic mass is 32.2. The average Bonchev–Trinajstić information content (AvgIpc) is 2.74. The first-order chi connectivity index (χ1) is 13.9. The standard InChI is InChI=1S/C20H23FN2O5S/c1-27-15-8-11-17(19(13-15)28-2)22-20(24)18-5-3-4-12-23(18)29(25,26)16-9-6-14(21)7-10-16/h6-11,13,18H,3-5,12H2,1-2H3,(H,22,24)/t18-/m0/s1. The van der Waals surface area contributed by atoms with Gasteiger partial charge >= 0.3 is 0 Å². The summed E-state index contributed by atoms with van der Waals surface area (Å²) in [7, 11) is -0.947. The van der Waals surface area contributed by atoms with Gasteiger partial charge in [0.2, 0.25) is 15.9 Å². The number of halogens is 1. The first-order valence-electron chi connectivity index (χ1n) is 9.17. The molecule has 156 valence electrons. The molecule has 1 heterocycles. The van der Waals surface area contributed by atoms with Crippen LogP contribution < -0.4 is 14.8 Å². The Morgan fingerprint density at radius 2 is 1.83 bits per heavy atom. The van der Waals surface area contributed by atoms with Crippen LogP contribution in [0.5, 0.6) is 11.5 Å². The van der Waals surface area contributed by atoms with Crippen LogP contribution in [-0.4, -0.2) is 45.4 Å². The van der Waals surface area contributed by atoms with Gasteiger partial charge in [-0.2, -0.15) is 4.31 Å². The molecule has 1 amide bonds. The Morgan fingerprint density at radius 3 is 2.48 bits per heavy atom. The van der Waals surface area contributed by atoms with E-state index in [1.165, 1.54) is 30.7 Å². The van der Waals surface area contributed by atoms with Gasteiger partial charge in [0.25, 0.3) is 0 Å². The molecule has 2 aromatic carbocycles. The van der Waals surface area contributed by atoms with Crippen LogP contribution in [0.4, 0.5) is 10.1 Å². The number of amides is 1. The fourth-order valence-corrected chi connectivity index (χ4v) is 4.97. The van der Waals surface area contributed by atoms with Gasteiger partial charge in [-0.05, 0) is 49.2 Å². The number of rotatable bonds is 6. The van der Waals surface area contributed by atoms with E-state index in [0.29, 0.717) is 30.0 Å². The van der Waals surface area contributed by atoms with Crippen molar-refractivity contribution in [2.45, 2.75) is 30.2 Å². The number of nitrogens with one attached hydrogen (secondary N) is 1. The molecule has 3 rings (SSSR count). The van der Waals surface area contributed by atoms with Crippen molar-refractivity contribution >= 4 is 21.6 Å². The second-order valence-electron chi connectivity index (χ2n) is 6.64. The summed E-state index contributed by atoms with van der Waals surface area (Å²) in [4.78, 5) is 12.9. The van der Waals surface area contributed by atoms with E-state index in [1.54, 1.807) is 18.2 Å². The normalized spacial score (nSPS) is 17.6. The smallest absolute Gasteiger partial charge is 0.243 e. The number of carbonyl (C=O) groups excluding carboxylic acids is 1. The number of sulfonamides is 1. The minimum atomic E-state index is -3.94. The second-order valence-corrected chi connectivity index (χ2v) is 8.53. The molecule has 2 aromatic rings. The van der Waals surface area contributed by atoms with Crippen LogP contribution in [0.3, 0.4) is 0 Å². The van der Waals surface area contributed by atoms with E-state index in [4.69, 9.17) is 9.47 Å². The number of anilines is 1. The Hall–Kier alpha value is -2.65. The maximum atomic E-state index is 13.2. The van der Waals surface area contributed by atoms with Gasteiger partial charge in [-0.25, -0.2) is 12.8 Å². The van der Waals surface area contributed by atoms with E-state index in [-0.39, 0.29) is 11.4 Å². The number of methoxy groups -OCH3 is 2. The van der Waals surface area contributed by atoms with Crippen molar-refractivity contribution in [1.82, 2.24) is 4.31 Å². The quantitative estimate of drug-likeness (QED) is 0.774. The van der Waals surface area contributed by atoms with Crippen LogP contribution >= 0.6 is 0 Å². The highest BCUT2D eigenvalue weighted by molar-refractivity contribution is 7.89. The summed E-state index contributed by atoms with van der Waals surface area (Å²) in [6.07, 6.45) is 1.77. The van der Waals surface area contributed by atoms with Crippen molar-refractivity contribution in [3.8, 4) is 11.5 Å². The summed E-state index contributed by atoms with van der Waals surface area (Å²) >= 11 is 0. The molecule has 1 aliphatic rings. The number of piperidine rings is 1. The SMILES string of the molecule is COc1ccc(NC(=O)[C@@H]2CCCCN2S(=O)(=O)c2ccc(F)cc2)c(OC)c1. The number of carbonyl (C=O) groups is 1. The minimum Gasteiger partial charge on any atom is -0.497 e. The first-order valence-corrected chi connectivity index (χ1v) is 10.6. The summed E-state index contributed by atoms with van der Waals surface area (Å²) < 4.78 is 50.9. The van der Waals surface area contributed by atoms with Crippen molar-refractivity contribution < 1.29 is 27.1 Å². The van der Waals surface area contributed by atoms with E-state index in [0.717, 1.165) is 18.6 Å². The van der Waals surface area contributed by atoms with E-state index < -0.39 is 27.8 Å². The number of ether oxygens (including phenoxy) is 2. The average molecular weight is 422 g/mol. The van der Waals surface area contributed by atoms with Crippen LogP contribution in [0.1, 0.15) is 19.3 Å². The lowest BCUT2D eigenvalue weighted by Crippen LogP contribution is -2.49. The van der Waals surface area contributed by atoms with Crippen molar-refractivity contribution in [1.29, 1.82) is 0 Å². The molecule has 1 aliphatic heterocycles. The lowest BCUT2D eigenvalue weighted by Gasteiger charge is -2.33. The molecule has 0 aliphatic carbocycles. The molecule has 1 atom stereocenters. The molecule has 1 saturated heterocycles. The van der Waals surface area contributed by atoms with Crippen molar-refractivity contribution in [2.75, 3.05) is 26.1 Å². The monoisotopic (exact) mass is 422 g/mol. The van der Waals surface area contributed by atoms with Gasteiger partial charge in [-0.15, -0.1) is 0 Å². The van der Waals surface area contributed by atoms with E-state index >= 15 is 0 Å². The summed E-state index contributed by atoms with van der Waals surface area (Å²) in [6, 6.07) is 8.67. The van der Waals surface area contributed by atoms with Crippen LogP contribution in [0.2, 0.25) is 0 Å². The highest BCUT2D eigenvalue weighted by Gasteiger charge is 2.37. The largest absolute Gasteiger partial charge is 0.497 e. The molecule has 0 bridgehead atoms. The topological polar surface area (TPSA) is 84.9 Å². The zero-order valence-corrected chi connectivity index (χ0v) is 17.0. The molecule has 0 aromatic heterocycles. The van der Waals surface area contributed by atoms with Crippen LogP contribution in [0.15, 0.2) is 47.4 Å². The van der Waals surface area contributed by atoms with Gasteiger partial charge in [0.15, 0.2) is 0 Å². The Labute approximate surface area is 169 Å².